The van der Waals surface area contributed by atoms with E-state index in [2.05, 4.69) is 19.6 Å². The lowest BCUT2D eigenvalue weighted by molar-refractivity contribution is 0.468. The van der Waals surface area contributed by atoms with Crippen LogP contribution in [0.2, 0.25) is 25.2 Å². The van der Waals surface area contributed by atoms with Crippen molar-refractivity contribution in [2.24, 2.45) is 11.8 Å². The van der Waals surface area contributed by atoms with Gasteiger partial charge in [0.25, 0.3) is 0 Å². The van der Waals surface area contributed by atoms with E-state index in [9.17, 15) is 0 Å². The molecule has 0 aromatic rings. The second-order valence-corrected chi connectivity index (χ2v) is 10.2. The minimum absolute atomic E-state index is 0.687. The molecule has 0 N–H and O–H groups in total. The molecule has 0 heterocycles. The van der Waals surface area contributed by atoms with Crippen LogP contribution in [0.1, 0.15) is 12.8 Å². The van der Waals surface area contributed by atoms with Crippen LogP contribution in [0.15, 0.2) is 0 Å². The molecule has 2 rings (SSSR count). The number of hydrogen-bond donors (Lipinski definition) is 0. The van der Waals surface area contributed by atoms with Gasteiger partial charge in [-0.3, -0.25) is 0 Å². The van der Waals surface area contributed by atoms with Crippen LogP contribution in [0, 0.1) is 11.8 Å². The van der Waals surface area contributed by atoms with Crippen molar-refractivity contribution in [2.45, 2.75) is 38.0 Å². The molecule has 2 aliphatic rings. The monoisotopic (exact) mass is 140 g/mol. The maximum atomic E-state index is 2.52. The van der Waals surface area contributed by atoms with E-state index in [-0.39, 0.29) is 0 Å². The van der Waals surface area contributed by atoms with Gasteiger partial charge in [0.2, 0.25) is 0 Å². The Kier molecular flexibility index (Phi) is 0.956. The summed E-state index contributed by atoms with van der Waals surface area (Å²) in [6.45, 7) is 7.57. The molecule has 0 nitrogen and oxygen atoms in total. The Labute approximate surface area is 58.7 Å². The first kappa shape index (κ1) is 5.96. The van der Waals surface area contributed by atoms with Gasteiger partial charge in [-0.2, -0.15) is 0 Å². The summed E-state index contributed by atoms with van der Waals surface area (Å²) in [5.41, 5.74) is 1.23. The highest BCUT2D eigenvalue weighted by Gasteiger charge is 2.60. The highest BCUT2D eigenvalue weighted by atomic mass is 28.3. The first-order valence-corrected chi connectivity index (χ1v) is 7.68. The summed E-state index contributed by atoms with van der Waals surface area (Å²) in [5, 5.41) is 0. The van der Waals surface area contributed by atoms with Gasteiger partial charge in [0.05, 0.1) is 0 Å². The van der Waals surface area contributed by atoms with Gasteiger partial charge in [0.15, 0.2) is 0 Å². The highest BCUT2D eigenvalue weighted by Crippen LogP contribution is 2.69. The zero-order chi connectivity index (χ0) is 6.65. The third-order valence-corrected chi connectivity index (χ3v) is 6.02. The molecule has 52 valence electrons. The maximum Gasteiger partial charge on any atom is 0.0479 e. The summed E-state index contributed by atoms with van der Waals surface area (Å²) in [4.78, 5) is 0. The molecule has 2 aliphatic carbocycles. The van der Waals surface area contributed by atoms with Crippen molar-refractivity contribution < 1.29 is 0 Å². The standard InChI is InChI=1S/C8H16Si/c1-9(2,3)8-6-4-5-7(6)8/h6-8H,4-5H2,1-3H3/t6-,7+,8?. The van der Waals surface area contributed by atoms with Crippen LogP contribution in [-0.2, 0) is 0 Å². The lowest BCUT2D eigenvalue weighted by Crippen LogP contribution is -2.20. The Morgan fingerprint density at radius 3 is 1.56 bits per heavy atom. The van der Waals surface area contributed by atoms with Gasteiger partial charge < -0.3 is 0 Å². The summed E-state index contributed by atoms with van der Waals surface area (Å²) in [6, 6.07) is 0. The Balaban J connectivity index is 2.02. The molecule has 1 unspecified atom stereocenters. The van der Waals surface area contributed by atoms with Gasteiger partial charge >= 0.3 is 0 Å². The van der Waals surface area contributed by atoms with Gasteiger partial charge in [0.1, 0.15) is 0 Å². The number of rotatable bonds is 1. The second-order valence-electron chi connectivity index (χ2n) is 4.80. The van der Waals surface area contributed by atoms with Crippen molar-refractivity contribution in [2.75, 3.05) is 0 Å². The van der Waals surface area contributed by atoms with Crippen LogP contribution in [0.3, 0.4) is 0 Å². The maximum absolute atomic E-state index is 2.52. The van der Waals surface area contributed by atoms with Crippen molar-refractivity contribution in [3.8, 4) is 0 Å². The molecule has 0 saturated heterocycles. The van der Waals surface area contributed by atoms with Crippen molar-refractivity contribution in [1.29, 1.82) is 0 Å². The normalized spacial score (nSPS) is 47.7. The molecule has 0 aliphatic heterocycles. The molecular formula is C8H16Si. The fraction of sp³-hybridized carbons (Fsp3) is 1.00. The van der Waals surface area contributed by atoms with Crippen LogP contribution >= 0.6 is 0 Å². The average Bonchev–Trinajstić information content (AvgIpc) is 2.04. The summed E-state index contributed by atoms with van der Waals surface area (Å²) >= 11 is 0. The molecule has 0 aromatic heterocycles. The van der Waals surface area contributed by atoms with Crippen molar-refractivity contribution in [3.05, 3.63) is 0 Å². The Morgan fingerprint density at radius 1 is 1.00 bits per heavy atom. The average molecular weight is 140 g/mol. The molecule has 0 bridgehead atoms. The van der Waals surface area contributed by atoms with Gasteiger partial charge in [0, 0.05) is 8.07 Å². The molecule has 2 fully saturated rings. The zero-order valence-electron chi connectivity index (χ0n) is 6.65. The van der Waals surface area contributed by atoms with E-state index in [4.69, 9.17) is 0 Å². The van der Waals surface area contributed by atoms with Crippen molar-refractivity contribution in [1.82, 2.24) is 0 Å². The first-order valence-electron chi connectivity index (χ1n) is 4.11. The Morgan fingerprint density at radius 2 is 1.44 bits per heavy atom. The molecule has 2 saturated carbocycles. The SMILES string of the molecule is C[Si](C)(C)C1[C@H]2CC[C@@H]12. The van der Waals surface area contributed by atoms with E-state index < -0.39 is 8.07 Å². The van der Waals surface area contributed by atoms with Crippen LogP contribution in [0.5, 0.6) is 0 Å². The van der Waals surface area contributed by atoms with Gasteiger partial charge in [-0.1, -0.05) is 19.6 Å². The lowest BCUT2D eigenvalue weighted by atomic mass is 10.0. The summed E-state index contributed by atoms with van der Waals surface area (Å²) in [7, 11) is -0.687. The number of hydrogen-bond acceptors (Lipinski definition) is 0. The van der Waals surface area contributed by atoms with Crippen LogP contribution in [-0.4, -0.2) is 8.07 Å². The van der Waals surface area contributed by atoms with E-state index in [1.807, 2.05) is 0 Å². The minimum Gasteiger partial charge on any atom is -0.0693 e. The largest absolute Gasteiger partial charge is 0.0693 e. The van der Waals surface area contributed by atoms with E-state index in [1.165, 1.54) is 17.4 Å². The summed E-state index contributed by atoms with van der Waals surface area (Å²) < 4.78 is 0. The first-order chi connectivity index (χ1) is 4.11. The van der Waals surface area contributed by atoms with E-state index in [1.54, 1.807) is 12.8 Å². The van der Waals surface area contributed by atoms with Gasteiger partial charge in [-0.15, -0.1) is 0 Å². The van der Waals surface area contributed by atoms with Crippen LogP contribution in [0.4, 0.5) is 0 Å². The van der Waals surface area contributed by atoms with Gasteiger partial charge in [-0.25, -0.2) is 0 Å². The molecule has 0 spiro atoms. The predicted octanol–water partition coefficient (Wildman–Crippen LogP) is 2.73. The molecule has 0 amide bonds. The third kappa shape index (κ3) is 0.705. The quantitative estimate of drug-likeness (QED) is 0.491. The third-order valence-electron chi connectivity index (χ3n) is 3.16. The molecule has 1 heteroatoms. The van der Waals surface area contributed by atoms with Gasteiger partial charge in [-0.05, 0) is 30.2 Å². The molecule has 3 atom stereocenters. The van der Waals surface area contributed by atoms with Crippen LogP contribution in [0.25, 0.3) is 0 Å². The molecule has 0 aromatic carbocycles. The van der Waals surface area contributed by atoms with E-state index in [0.29, 0.717) is 0 Å². The fourth-order valence-corrected chi connectivity index (χ4v) is 5.93. The second kappa shape index (κ2) is 1.44. The van der Waals surface area contributed by atoms with Crippen molar-refractivity contribution in [3.63, 3.8) is 0 Å². The zero-order valence-corrected chi connectivity index (χ0v) is 7.65. The smallest absolute Gasteiger partial charge is 0.0479 e. The molecule has 0 radical (unpaired) electrons. The fourth-order valence-electron chi connectivity index (χ4n) is 2.64. The van der Waals surface area contributed by atoms with E-state index >= 15 is 0 Å². The van der Waals surface area contributed by atoms with Crippen molar-refractivity contribution >= 4 is 8.07 Å². The van der Waals surface area contributed by atoms with E-state index in [0.717, 1.165) is 0 Å². The predicted molar refractivity (Wildman–Crippen MR) is 43.3 cm³/mol. The highest BCUT2D eigenvalue weighted by molar-refractivity contribution is 6.78. The topological polar surface area (TPSA) is 0 Å². The molecule has 9 heavy (non-hydrogen) atoms. The van der Waals surface area contributed by atoms with Crippen LogP contribution < -0.4 is 0 Å². The number of fused-ring (bicyclic) bond motifs is 1. The minimum atomic E-state index is -0.687. The molecular weight excluding hydrogens is 124 g/mol. The summed E-state index contributed by atoms with van der Waals surface area (Å²) in [6.07, 6.45) is 3.14. The lowest BCUT2D eigenvalue weighted by Gasteiger charge is -2.13. The Bertz CT molecular complexity index is 124. The Hall–Kier alpha value is 0.217. The summed E-state index contributed by atoms with van der Waals surface area (Å²) in [5.74, 6) is 2.44.